The molecule has 8 aromatic carbocycles. The van der Waals surface area contributed by atoms with Gasteiger partial charge in [-0.2, -0.15) is 0 Å². The van der Waals surface area contributed by atoms with E-state index >= 15 is 0 Å². The van der Waals surface area contributed by atoms with Gasteiger partial charge >= 0.3 is 0 Å². The lowest BCUT2D eigenvalue weighted by Crippen LogP contribution is -2.72. The molecule has 0 spiro atoms. The van der Waals surface area contributed by atoms with Crippen molar-refractivity contribution in [3.05, 3.63) is 244 Å². The summed E-state index contributed by atoms with van der Waals surface area (Å²) < 4.78 is 0. The van der Waals surface area contributed by atoms with E-state index in [0.29, 0.717) is 0 Å². The van der Waals surface area contributed by atoms with Crippen molar-refractivity contribution in [1.82, 2.24) is 0 Å². The van der Waals surface area contributed by atoms with Crippen molar-refractivity contribution in [2.75, 3.05) is 77.3 Å². The number of benzene rings is 8. The third kappa shape index (κ3) is 11.5. The van der Waals surface area contributed by atoms with Gasteiger partial charge in [0, 0.05) is 105 Å². The maximum atomic E-state index is 3.61. The molecule has 8 aromatic rings. The van der Waals surface area contributed by atoms with Gasteiger partial charge in [-0.25, -0.2) is 4.99 Å². The fraction of sp³-hybridized carbons (Fsp3) is 0.271. The van der Waals surface area contributed by atoms with Crippen LogP contribution in [0.15, 0.2) is 194 Å². The first kappa shape index (κ1) is 53.0. The molecule has 0 aromatic heterocycles. The summed E-state index contributed by atoms with van der Waals surface area (Å²) in [5.74, 6) is 0.0760. The Kier molecular flexibility index (Phi) is 17.5. The van der Waals surface area contributed by atoms with Crippen LogP contribution in [0, 0.1) is 0 Å². The molecule has 0 heterocycles. The first-order valence-electron chi connectivity index (χ1n) is 28.2. The van der Waals surface area contributed by atoms with E-state index in [1.165, 1.54) is 106 Å². The van der Waals surface area contributed by atoms with Gasteiger partial charge in [0.2, 0.25) is 5.71 Å². The number of nitrogens with zero attached hydrogens (tertiary/aromatic N) is 4. The Morgan fingerprint density at radius 3 is 1.32 bits per heavy atom. The topological polar surface area (TPSA) is 39.0 Å². The van der Waals surface area contributed by atoms with Crippen molar-refractivity contribution in [3.63, 3.8) is 0 Å². The number of nitrogens with one attached hydrogen (secondary N) is 2. The summed E-state index contributed by atoms with van der Waals surface area (Å²) in [6, 6.07) is 68.7. The molecule has 0 bridgehead atoms. The normalized spacial score (nSPS) is 13.6. The lowest BCUT2D eigenvalue weighted by molar-refractivity contribution is -0.450. The summed E-state index contributed by atoms with van der Waals surface area (Å²) in [4.78, 5) is 13.4. The molecule has 388 valence electrons. The number of allylic oxidation sites excluding steroid dienone is 3. The fourth-order valence-corrected chi connectivity index (χ4v) is 11.4. The Morgan fingerprint density at radius 2 is 0.855 bits per heavy atom. The molecule has 0 fully saturated rings. The number of fused-ring (bicyclic) bond motifs is 2. The molecule has 0 amide bonds. The molecule has 1 aliphatic rings. The third-order valence-corrected chi connectivity index (χ3v) is 15.5. The van der Waals surface area contributed by atoms with Crippen molar-refractivity contribution < 1.29 is 4.99 Å². The first-order chi connectivity index (χ1) is 37.3. The lowest BCUT2D eigenvalue weighted by Gasteiger charge is -2.27. The summed E-state index contributed by atoms with van der Waals surface area (Å²) in [5.41, 5.74) is 21.2. The zero-order valence-electron chi connectivity index (χ0n) is 46.4. The predicted octanol–water partition coefficient (Wildman–Crippen LogP) is 14.6. The minimum absolute atomic E-state index is 0.0760. The number of hydrogen-bond acceptors (Lipinski definition) is 5. The van der Waals surface area contributed by atoms with Crippen LogP contribution in [0.1, 0.15) is 111 Å². The second-order valence-electron chi connectivity index (χ2n) is 19.8. The largest absolute Gasteiger partial charge is 0.385 e. The van der Waals surface area contributed by atoms with Gasteiger partial charge < -0.3 is 24.9 Å². The second kappa shape index (κ2) is 25.1. The molecule has 6 heteroatoms. The summed E-state index contributed by atoms with van der Waals surface area (Å²) >= 11 is 0. The van der Waals surface area contributed by atoms with Gasteiger partial charge in [0.05, 0.1) is 5.56 Å². The van der Waals surface area contributed by atoms with Crippen molar-refractivity contribution >= 4 is 56.1 Å². The van der Waals surface area contributed by atoms with Crippen molar-refractivity contribution in [2.24, 2.45) is 0 Å². The van der Waals surface area contributed by atoms with Crippen LogP contribution in [0.5, 0.6) is 0 Å². The Bertz CT molecular complexity index is 3250. The van der Waals surface area contributed by atoms with Crippen molar-refractivity contribution in [2.45, 2.75) is 74.4 Å². The van der Waals surface area contributed by atoms with Gasteiger partial charge in [0.1, 0.15) is 6.54 Å². The highest BCUT2D eigenvalue weighted by Crippen LogP contribution is 2.41. The highest BCUT2D eigenvalue weighted by atomic mass is 15.1. The van der Waals surface area contributed by atoms with E-state index in [1.807, 2.05) is 0 Å². The monoisotopic (exact) mass is 1000 g/mol. The number of anilines is 5. The minimum atomic E-state index is 0.0760. The Balaban J connectivity index is 0.938. The zero-order chi connectivity index (χ0) is 53.0. The second-order valence-corrected chi connectivity index (χ2v) is 19.8. The van der Waals surface area contributed by atoms with Crippen molar-refractivity contribution in [3.8, 4) is 0 Å². The van der Waals surface area contributed by atoms with E-state index in [4.69, 9.17) is 0 Å². The molecule has 1 unspecified atom stereocenters. The smallest absolute Gasteiger partial charge is 0.206 e. The van der Waals surface area contributed by atoms with Crippen molar-refractivity contribution in [1.29, 1.82) is 0 Å². The van der Waals surface area contributed by atoms with E-state index in [1.54, 1.807) is 0 Å². The van der Waals surface area contributed by atoms with E-state index < -0.39 is 0 Å². The summed E-state index contributed by atoms with van der Waals surface area (Å²) in [5, 5.41) is 6.15. The van der Waals surface area contributed by atoms with Crippen LogP contribution in [-0.4, -0.2) is 58.1 Å². The highest BCUT2D eigenvalue weighted by molar-refractivity contribution is 6.17. The maximum absolute atomic E-state index is 3.61. The fourth-order valence-electron chi connectivity index (χ4n) is 11.4. The van der Waals surface area contributed by atoms with Gasteiger partial charge in [-0.3, -0.25) is 0 Å². The molecule has 1 aliphatic carbocycles. The molecule has 2 N–H and O–H groups in total. The molecule has 0 aliphatic heterocycles. The SMILES string of the molecule is CCNc1ccc(C(c2ccc(N(CC)CC)cc2)c2ccc(N(CC)Cc3ccc(CN(CC)c4ccc(C(=C5C=CC(=[NH+]CC)c6ccccc65)c5ccc(N(CC)CC)cc5)cc4)cc3)cc2)c2ccccc12. The molecular formula is C70H79N6+. The Hall–Kier alpha value is -7.83. The highest BCUT2D eigenvalue weighted by Gasteiger charge is 2.24. The van der Waals surface area contributed by atoms with Gasteiger partial charge in [0.25, 0.3) is 0 Å². The van der Waals surface area contributed by atoms with E-state index in [9.17, 15) is 0 Å². The van der Waals surface area contributed by atoms with E-state index in [-0.39, 0.29) is 5.92 Å². The molecular weight excluding hydrogens is 925 g/mol. The Morgan fingerprint density at radius 1 is 0.421 bits per heavy atom. The summed E-state index contributed by atoms with van der Waals surface area (Å²) in [6.45, 7) is 26.9. The molecule has 0 saturated carbocycles. The molecule has 76 heavy (non-hydrogen) atoms. The van der Waals surface area contributed by atoms with Crippen LogP contribution in [-0.2, 0) is 13.1 Å². The molecule has 0 saturated heterocycles. The van der Waals surface area contributed by atoms with E-state index in [2.05, 4.69) is 279 Å². The standard InChI is InChI=1S/C70H78N6/c1-9-71-67-47-45-65(61-21-17-19-23-63(61)67)69(53-29-37-57(38-30-53)73(11-3)12-4)55-33-41-59(42-34-55)75(15-7)49-51-25-27-52(28-26-51)50-76(16-8)60-43-35-56(36-44-60)70(54-31-39-58(40-32-54)74(13-5)14-6)66-46-48-68(72-10-2)64-24-20-18-22-62(64)66/h17-48,69,71H,9-16,49-50H2,1-8H3/p+1. The maximum Gasteiger partial charge on any atom is 0.206 e. The molecule has 9 rings (SSSR count). The van der Waals surface area contributed by atoms with Gasteiger partial charge in [-0.05, 0) is 183 Å². The first-order valence-corrected chi connectivity index (χ1v) is 28.2. The summed E-state index contributed by atoms with van der Waals surface area (Å²) in [7, 11) is 0. The average molecular weight is 1000 g/mol. The summed E-state index contributed by atoms with van der Waals surface area (Å²) in [6.07, 6.45) is 4.55. The van der Waals surface area contributed by atoms with E-state index in [0.717, 1.165) is 65.4 Å². The van der Waals surface area contributed by atoms with Crippen LogP contribution in [0.3, 0.4) is 0 Å². The van der Waals surface area contributed by atoms with Crippen LogP contribution < -0.4 is 29.9 Å². The molecule has 6 nitrogen and oxygen atoms in total. The molecule has 0 radical (unpaired) electrons. The number of hydrogen-bond donors (Lipinski definition) is 2. The third-order valence-electron chi connectivity index (χ3n) is 15.5. The number of rotatable bonds is 22. The van der Waals surface area contributed by atoms with Gasteiger partial charge in [0.15, 0.2) is 0 Å². The van der Waals surface area contributed by atoms with Crippen LogP contribution in [0.2, 0.25) is 0 Å². The van der Waals surface area contributed by atoms with Gasteiger partial charge in [-0.15, -0.1) is 0 Å². The Labute approximate surface area is 454 Å². The van der Waals surface area contributed by atoms with Crippen LogP contribution >= 0.6 is 0 Å². The minimum Gasteiger partial charge on any atom is -0.385 e. The molecule has 1 atom stereocenters. The average Bonchev–Trinajstić information content (AvgIpc) is 3.47. The van der Waals surface area contributed by atoms with Crippen LogP contribution in [0.4, 0.5) is 28.4 Å². The van der Waals surface area contributed by atoms with Crippen LogP contribution in [0.25, 0.3) is 21.9 Å². The zero-order valence-corrected chi connectivity index (χ0v) is 46.4. The van der Waals surface area contributed by atoms with Gasteiger partial charge in [-0.1, -0.05) is 121 Å². The predicted molar refractivity (Wildman–Crippen MR) is 329 cm³/mol. The quantitative estimate of drug-likeness (QED) is 0.0662. The lowest BCUT2D eigenvalue weighted by atomic mass is 9.82.